The van der Waals surface area contributed by atoms with E-state index in [1.807, 2.05) is 31.2 Å². The lowest BCUT2D eigenvalue weighted by molar-refractivity contribution is -0.155. The summed E-state index contributed by atoms with van der Waals surface area (Å²) in [6.07, 6.45) is -1.22. The Morgan fingerprint density at radius 3 is 2.39 bits per heavy atom. The van der Waals surface area contributed by atoms with E-state index < -0.39 is 23.8 Å². The Bertz CT molecular complexity index is 1240. The van der Waals surface area contributed by atoms with Gasteiger partial charge in [0.1, 0.15) is 5.82 Å². The summed E-state index contributed by atoms with van der Waals surface area (Å²) >= 11 is 0. The number of rotatable bonds is 7. The number of hydrogen-bond donors (Lipinski definition) is 1. The van der Waals surface area contributed by atoms with Crippen LogP contribution < -0.4 is 5.32 Å². The number of carbonyl (C=O) groups is 2. The van der Waals surface area contributed by atoms with Crippen LogP contribution in [0.15, 0.2) is 78.9 Å². The highest BCUT2D eigenvalue weighted by molar-refractivity contribution is 5.96. The van der Waals surface area contributed by atoms with Gasteiger partial charge in [-0.1, -0.05) is 60.2 Å². The van der Waals surface area contributed by atoms with Gasteiger partial charge in [0.2, 0.25) is 11.9 Å². The number of esters is 1. The molecule has 3 aromatic carbocycles. The van der Waals surface area contributed by atoms with Crippen molar-refractivity contribution in [3.63, 3.8) is 0 Å². The zero-order valence-electron chi connectivity index (χ0n) is 17.7. The van der Waals surface area contributed by atoms with E-state index in [9.17, 15) is 14.0 Å². The van der Waals surface area contributed by atoms with Gasteiger partial charge >= 0.3 is 5.97 Å². The first-order valence-corrected chi connectivity index (χ1v) is 10.1. The maximum Gasteiger partial charge on any atom is 0.330 e. The quantitative estimate of drug-likeness (QED) is 0.436. The molecule has 0 aliphatic carbocycles. The molecule has 1 unspecified atom stereocenters. The number of carbonyl (C=O) groups excluding carboxylic acids is 2. The van der Waals surface area contributed by atoms with E-state index in [0.717, 1.165) is 15.9 Å². The zero-order chi connectivity index (χ0) is 23.2. The van der Waals surface area contributed by atoms with Gasteiger partial charge in [0.15, 0.2) is 6.54 Å². The molecule has 0 saturated carbocycles. The van der Waals surface area contributed by atoms with Crippen molar-refractivity contribution in [1.82, 2.24) is 20.2 Å². The fourth-order valence-electron chi connectivity index (χ4n) is 3.05. The summed E-state index contributed by atoms with van der Waals surface area (Å²) in [5.74, 6) is -1.35. The molecule has 1 N–H and O–H groups in total. The molecule has 0 aliphatic rings. The molecule has 9 heteroatoms. The molecule has 1 atom stereocenters. The molecule has 0 bridgehead atoms. The second-order valence-corrected chi connectivity index (χ2v) is 7.29. The second-order valence-electron chi connectivity index (χ2n) is 7.29. The molecule has 1 aromatic heterocycles. The van der Waals surface area contributed by atoms with Crippen molar-refractivity contribution >= 4 is 17.6 Å². The number of ether oxygens (including phenoxy) is 1. The van der Waals surface area contributed by atoms with Crippen molar-refractivity contribution in [3.8, 4) is 11.4 Å². The Balaban J connectivity index is 1.47. The highest BCUT2D eigenvalue weighted by Gasteiger charge is 2.26. The number of halogens is 1. The summed E-state index contributed by atoms with van der Waals surface area (Å²) < 4.78 is 18.6. The molecule has 8 nitrogen and oxygen atoms in total. The third-order valence-electron chi connectivity index (χ3n) is 4.73. The maximum absolute atomic E-state index is 13.2. The maximum atomic E-state index is 13.2. The molecule has 0 fully saturated rings. The average molecular weight is 445 g/mol. The number of aryl methyl sites for hydroxylation is 1. The average Bonchev–Trinajstić information content (AvgIpc) is 3.28. The van der Waals surface area contributed by atoms with Gasteiger partial charge in [0.25, 0.3) is 5.91 Å². The minimum absolute atomic E-state index is 0.327. The van der Waals surface area contributed by atoms with Crippen LogP contribution in [0.4, 0.5) is 10.1 Å². The van der Waals surface area contributed by atoms with Crippen molar-refractivity contribution < 1.29 is 18.7 Å². The molecular formula is C24H20FN5O3. The van der Waals surface area contributed by atoms with Crippen LogP contribution in [-0.4, -0.2) is 32.1 Å². The molecule has 4 rings (SSSR count). The molecule has 1 amide bonds. The summed E-state index contributed by atoms with van der Waals surface area (Å²) in [7, 11) is 0. The van der Waals surface area contributed by atoms with Crippen LogP contribution in [-0.2, 0) is 20.9 Å². The Hall–Kier alpha value is -4.40. The predicted molar refractivity (Wildman–Crippen MR) is 118 cm³/mol. The minimum atomic E-state index is -1.22. The normalized spacial score (nSPS) is 11.6. The van der Waals surface area contributed by atoms with Gasteiger partial charge in [0.05, 0.1) is 0 Å². The summed E-state index contributed by atoms with van der Waals surface area (Å²) in [5, 5.41) is 14.7. The third kappa shape index (κ3) is 5.65. The first kappa shape index (κ1) is 21.8. The lowest BCUT2D eigenvalue weighted by Crippen LogP contribution is -2.27. The molecule has 33 heavy (non-hydrogen) atoms. The largest absolute Gasteiger partial charge is 0.446 e. The van der Waals surface area contributed by atoms with Crippen molar-refractivity contribution in [1.29, 1.82) is 0 Å². The van der Waals surface area contributed by atoms with Crippen LogP contribution in [0.1, 0.15) is 17.2 Å². The Kier molecular flexibility index (Phi) is 6.49. The first-order chi connectivity index (χ1) is 16.0. The molecule has 4 aromatic rings. The van der Waals surface area contributed by atoms with Crippen LogP contribution in [0.5, 0.6) is 0 Å². The number of hydrogen-bond acceptors (Lipinski definition) is 6. The Labute approximate surface area is 189 Å². The number of nitrogens with zero attached hydrogens (tertiary/aromatic N) is 4. The van der Waals surface area contributed by atoms with Gasteiger partial charge in [0, 0.05) is 16.8 Å². The summed E-state index contributed by atoms with van der Waals surface area (Å²) in [6.45, 7) is 1.64. The predicted octanol–water partition coefficient (Wildman–Crippen LogP) is 3.71. The van der Waals surface area contributed by atoms with Gasteiger partial charge in [-0.05, 0) is 36.4 Å². The van der Waals surface area contributed by atoms with Crippen molar-refractivity contribution in [2.45, 2.75) is 19.6 Å². The van der Waals surface area contributed by atoms with Crippen LogP contribution >= 0.6 is 0 Å². The number of nitrogens with one attached hydrogen (secondary N) is 1. The van der Waals surface area contributed by atoms with Gasteiger partial charge < -0.3 is 10.1 Å². The van der Waals surface area contributed by atoms with E-state index in [-0.39, 0.29) is 6.54 Å². The Morgan fingerprint density at radius 1 is 1.00 bits per heavy atom. The van der Waals surface area contributed by atoms with E-state index in [1.165, 1.54) is 24.3 Å². The van der Waals surface area contributed by atoms with E-state index >= 15 is 0 Å². The number of tetrazole rings is 1. The zero-order valence-corrected chi connectivity index (χ0v) is 17.7. The van der Waals surface area contributed by atoms with Crippen LogP contribution in [0.3, 0.4) is 0 Å². The fraction of sp³-hybridized carbons (Fsp3) is 0.125. The number of aromatic nitrogens is 4. The van der Waals surface area contributed by atoms with Crippen molar-refractivity contribution in [2.75, 3.05) is 5.32 Å². The van der Waals surface area contributed by atoms with Crippen LogP contribution in [0, 0.1) is 12.7 Å². The highest BCUT2D eigenvalue weighted by atomic mass is 19.1. The standard InChI is InChI=1S/C24H20FN5O3/c1-16-7-9-18(10-8-16)23-27-29-30(28-23)15-21(31)33-22(17-5-3-2-4-6-17)24(32)26-20-13-11-19(25)12-14-20/h2-14,22H,15H2,1H3,(H,26,32). The molecule has 0 radical (unpaired) electrons. The van der Waals surface area contributed by atoms with E-state index in [1.54, 1.807) is 30.3 Å². The van der Waals surface area contributed by atoms with Gasteiger partial charge in [-0.25, -0.2) is 9.18 Å². The van der Waals surface area contributed by atoms with Gasteiger partial charge in [-0.3, -0.25) is 4.79 Å². The van der Waals surface area contributed by atoms with Gasteiger partial charge in [-0.2, -0.15) is 4.80 Å². The lowest BCUT2D eigenvalue weighted by Gasteiger charge is -2.18. The van der Waals surface area contributed by atoms with Crippen molar-refractivity contribution in [3.05, 3.63) is 95.8 Å². The van der Waals surface area contributed by atoms with Crippen LogP contribution in [0.25, 0.3) is 11.4 Å². The molecule has 166 valence electrons. The lowest BCUT2D eigenvalue weighted by atomic mass is 10.1. The fourth-order valence-corrected chi connectivity index (χ4v) is 3.05. The summed E-state index contributed by atoms with van der Waals surface area (Å²) in [4.78, 5) is 26.6. The van der Waals surface area contributed by atoms with Crippen LogP contribution in [0.2, 0.25) is 0 Å². The topological polar surface area (TPSA) is 99.0 Å². The molecule has 1 heterocycles. The summed E-state index contributed by atoms with van der Waals surface area (Å²) in [6, 6.07) is 21.4. The number of benzene rings is 3. The second kappa shape index (κ2) is 9.82. The van der Waals surface area contributed by atoms with Crippen molar-refractivity contribution in [2.24, 2.45) is 0 Å². The third-order valence-corrected chi connectivity index (χ3v) is 4.73. The molecular weight excluding hydrogens is 425 g/mol. The number of anilines is 1. The molecule has 0 spiro atoms. The summed E-state index contributed by atoms with van der Waals surface area (Å²) in [5.41, 5.74) is 2.72. The highest BCUT2D eigenvalue weighted by Crippen LogP contribution is 2.21. The molecule has 0 saturated heterocycles. The smallest absolute Gasteiger partial charge is 0.330 e. The SMILES string of the molecule is Cc1ccc(-c2nnn(CC(=O)OC(C(=O)Nc3ccc(F)cc3)c3ccccc3)n2)cc1. The Morgan fingerprint density at radius 2 is 1.70 bits per heavy atom. The first-order valence-electron chi connectivity index (χ1n) is 10.1. The van der Waals surface area contributed by atoms with E-state index in [4.69, 9.17) is 4.74 Å². The van der Waals surface area contributed by atoms with Gasteiger partial charge in [-0.15, -0.1) is 10.2 Å². The molecule has 0 aliphatic heterocycles. The van der Waals surface area contributed by atoms with E-state index in [0.29, 0.717) is 17.1 Å². The van der Waals surface area contributed by atoms with E-state index in [2.05, 4.69) is 20.7 Å². The minimum Gasteiger partial charge on any atom is -0.446 e. The monoisotopic (exact) mass is 445 g/mol. The number of amides is 1.